The van der Waals surface area contributed by atoms with Crippen LogP contribution in [0.4, 0.5) is 106 Å². The van der Waals surface area contributed by atoms with Gasteiger partial charge in [-0.15, -0.1) is 4.94 Å². The Morgan fingerprint density at radius 1 is 0.421 bits per heavy atom. The Morgan fingerprint density at radius 3 is 1.08 bits per heavy atom. The van der Waals surface area contributed by atoms with Crippen LogP contribution in [0.1, 0.15) is 19.3 Å². The number of rotatable bonds is 33. The van der Waals surface area contributed by atoms with Gasteiger partial charge in [0.2, 0.25) is 11.3 Å². The van der Waals surface area contributed by atoms with Crippen LogP contribution in [0.25, 0.3) is 0 Å². The first-order valence-corrected chi connectivity index (χ1v) is 19.6. The Morgan fingerprint density at radius 2 is 0.737 bits per heavy atom. The fourth-order valence-corrected chi connectivity index (χ4v) is 4.65. The number of hydrogen-bond donors (Lipinski definition) is 0. The summed E-state index contributed by atoms with van der Waals surface area (Å²) in [7, 11) is 0. The van der Waals surface area contributed by atoms with Gasteiger partial charge in [-0.3, -0.25) is 4.74 Å². The van der Waals surface area contributed by atoms with Crippen molar-refractivity contribution in [2.75, 3.05) is 66.1 Å². The Bertz CT molecular complexity index is 1990. The van der Waals surface area contributed by atoms with Crippen LogP contribution >= 0.6 is 0 Å². The van der Waals surface area contributed by atoms with Crippen LogP contribution in [0.3, 0.4) is 0 Å². The normalized spacial score (nSPS) is 20.2. The third-order valence-electron chi connectivity index (χ3n) is 8.96. The molecule has 442 valence electrons. The standard InChI is InChI=1S/C32H33F19O11.C6H5F5O3/c1-4-19(52)57-16-25(36,37)30(46,47)60-11-7-10-55-12-22(33)8-9-23(34,29(44,45)28(22,42)43)13-56-14-24(35,62-32(50,51)27(40,41)18-59-21(54)6-3)15-61-31(48,49)26(38,39)17-58-20(53)5-2;1-2-4(12)13-3-5(7,8)6(9,10)14-11/h4-6H,1-3,7-18H2;2H,1,3H2. The van der Waals surface area contributed by atoms with E-state index in [2.05, 4.69) is 68.9 Å². The molecule has 0 N–H and O–H groups in total. The van der Waals surface area contributed by atoms with E-state index >= 15 is 13.2 Å². The van der Waals surface area contributed by atoms with E-state index < -0.39 is 186 Å². The molecule has 0 radical (unpaired) electrons. The molecule has 0 heterocycles. The average Bonchev–Trinajstić information content (AvgIpc) is 3.32. The van der Waals surface area contributed by atoms with Gasteiger partial charge in [-0.1, -0.05) is 26.3 Å². The molecule has 0 aromatic carbocycles. The predicted molar refractivity (Wildman–Crippen MR) is 196 cm³/mol. The Kier molecular flexibility index (Phi) is 24.7. The molecule has 1 saturated carbocycles. The van der Waals surface area contributed by atoms with Crippen molar-refractivity contribution in [1.29, 1.82) is 0 Å². The van der Waals surface area contributed by atoms with Gasteiger partial charge < -0.3 is 37.9 Å². The van der Waals surface area contributed by atoms with Gasteiger partial charge in [0.05, 0.1) is 19.8 Å². The molecule has 0 bridgehead atoms. The van der Waals surface area contributed by atoms with Gasteiger partial charge in [-0.05, 0) is 23.8 Å². The summed E-state index contributed by atoms with van der Waals surface area (Å²) in [5, 5.41) is 0. The number of halogens is 24. The summed E-state index contributed by atoms with van der Waals surface area (Å²) in [6.07, 6.45) is -27.2. The highest BCUT2D eigenvalue weighted by molar-refractivity contribution is 5.82. The molecule has 3 unspecified atom stereocenters. The second-order valence-corrected chi connectivity index (χ2v) is 14.8. The molecule has 1 aliphatic rings. The van der Waals surface area contributed by atoms with E-state index in [1.54, 1.807) is 4.94 Å². The molecule has 3 atom stereocenters. The molecule has 0 aromatic rings. The summed E-state index contributed by atoms with van der Waals surface area (Å²) in [4.78, 5) is 44.8. The number of hydrogen-bond acceptors (Lipinski definition) is 14. The summed E-state index contributed by atoms with van der Waals surface area (Å²) in [5.41, 5.74) is -9.53. The Hall–Kier alpha value is -5.08. The highest BCUT2D eigenvalue weighted by Gasteiger charge is 2.81. The van der Waals surface area contributed by atoms with Crippen LogP contribution in [-0.4, -0.2) is 167 Å². The molecular formula is C38H38F24O14. The molecule has 0 aliphatic heterocycles. The van der Waals surface area contributed by atoms with Gasteiger partial charge in [0.25, 0.3) is 5.85 Å². The van der Waals surface area contributed by atoms with Crippen molar-refractivity contribution in [3.63, 3.8) is 0 Å². The van der Waals surface area contributed by atoms with Gasteiger partial charge in [-0.2, -0.15) is 87.8 Å². The summed E-state index contributed by atoms with van der Waals surface area (Å²) in [6, 6.07) is 0. The molecule has 0 amide bonds. The maximum absolute atomic E-state index is 15.6. The summed E-state index contributed by atoms with van der Waals surface area (Å²) in [6.45, 7) is -11.8. The second-order valence-electron chi connectivity index (χ2n) is 14.8. The summed E-state index contributed by atoms with van der Waals surface area (Å²) >= 11 is 0. The van der Waals surface area contributed by atoms with E-state index in [4.69, 9.17) is 0 Å². The van der Waals surface area contributed by atoms with Crippen LogP contribution in [0.5, 0.6) is 0 Å². The third kappa shape index (κ3) is 18.3. The van der Waals surface area contributed by atoms with E-state index in [0.717, 1.165) is 0 Å². The number of esters is 4. The molecule has 76 heavy (non-hydrogen) atoms. The molecule has 1 aliphatic carbocycles. The first-order valence-electron chi connectivity index (χ1n) is 19.6. The lowest BCUT2D eigenvalue weighted by Gasteiger charge is -2.48. The smallest absolute Gasteiger partial charge is 0.452 e. The van der Waals surface area contributed by atoms with Gasteiger partial charge in [-0.25, -0.2) is 32.3 Å². The van der Waals surface area contributed by atoms with Crippen LogP contribution in [-0.2, 0) is 66.8 Å². The molecule has 1 rings (SSSR count). The van der Waals surface area contributed by atoms with E-state index in [0.29, 0.717) is 12.2 Å². The zero-order valence-corrected chi connectivity index (χ0v) is 37.6. The van der Waals surface area contributed by atoms with Crippen molar-refractivity contribution in [3.8, 4) is 0 Å². The largest absolute Gasteiger partial charge is 0.456 e. The molecular weight excluding hydrogens is 1140 g/mol. The van der Waals surface area contributed by atoms with E-state index in [9.17, 15) is 112 Å². The van der Waals surface area contributed by atoms with Gasteiger partial charge in [0.1, 0.15) is 13.2 Å². The lowest BCUT2D eigenvalue weighted by Crippen LogP contribution is -2.71. The lowest BCUT2D eigenvalue weighted by molar-refractivity contribution is -0.433. The zero-order valence-electron chi connectivity index (χ0n) is 37.6. The van der Waals surface area contributed by atoms with Crippen LogP contribution < -0.4 is 0 Å². The van der Waals surface area contributed by atoms with Gasteiger partial charge >= 0.3 is 83.8 Å². The van der Waals surface area contributed by atoms with E-state index in [1.807, 2.05) is 0 Å². The minimum Gasteiger partial charge on any atom is -0.456 e. The van der Waals surface area contributed by atoms with Crippen molar-refractivity contribution < 1.29 is 172 Å². The topological polar surface area (TPSA) is 161 Å². The fourth-order valence-electron chi connectivity index (χ4n) is 4.65. The van der Waals surface area contributed by atoms with Crippen molar-refractivity contribution in [2.45, 2.75) is 96.4 Å². The highest BCUT2D eigenvalue weighted by atomic mass is 19.4. The Labute approximate surface area is 409 Å². The number of carbonyl (C=O) groups is 4. The number of alkyl halides is 23. The van der Waals surface area contributed by atoms with Crippen molar-refractivity contribution >= 4 is 23.9 Å². The van der Waals surface area contributed by atoms with Crippen molar-refractivity contribution in [3.05, 3.63) is 50.6 Å². The van der Waals surface area contributed by atoms with Gasteiger partial charge in [0, 0.05) is 30.9 Å². The number of ether oxygens (including phenoxy) is 9. The molecule has 0 saturated heterocycles. The average molecular weight is 1170 g/mol. The molecule has 0 aromatic heterocycles. The summed E-state index contributed by atoms with van der Waals surface area (Å²) in [5.74, 6) is -46.0. The lowest BCUT2D eigenvalue weighted by atomic mass is 9.72. The molecule has 14 nitrogen and oxygen atoms in total. The first-order chi connectivity index (χ1) is 34.2. The van der Waals surface area contributed by atoms with E-state index in [-0.39, 0.29) is 12.2 Å². The molecule has 38 heteroatoms. The van der Waals surface area contributed by atoms with Crippen molar-refractivity contribution in [1.82, 2.24) is 0 Å². The SMILES string of the molecule is C=CC(=O)OCC(F)(F)C(F)(F)OCCCOCC1(F)CCC(F)(COCC(F)(COC(F)(F)C(F)(F)COC(=O)C=C)OC(F)(F)C(F)(F)COC(=O)C=C)C(F)(F)C1(F)F.C=CC(=O)OCC(F)(F)C(F)(F)OF. The number of carbonyl (C=O) groups excluding carboxylic acids is 4. The first kappa shape index (κ1) is 70.9. The fraction of sp³-hybridized carbons (Fsp3) is 0.684. The second kappa shape index (κ2) is 26.5. The maximum Gasteiger partial charge on any atom is 0.452 e. The maximum atomic E-state index is 15.6. The van der Waals surface area contributed by atoms with Crippen LogP contribution in [0, 0.1) is 0 Å². The van der Waals surface area contributed by atoms with Crippen molar-refractivity contribution in [2.24, 2.45) is 0 Å². The van der Waals surface area contributed by atoms with E-state index in [1.165, 1.54) is 0 Å². The minimum atomic E-state index is -6.42. The third-order valence-corrected chi connectivity index (χ3v) is 8.96. The predicted octanol–water partition coefficient (Wildman–Crippen LogP) is 9.32. The van der Waals surface area contributed by atoms with Gasteiger partial charge in [0.15, 0.2) is 26.4 Å². The molecule has 1 fully saturated rings. The highest BCUT2D eigenvalue weighted by Crippen LogP contribution is 2.59. The zero-order chi connectivity index (χ0) is 59.9. The minimum absolute atomic E-state index is 0.136. The van der Waals surface area contributed by atoms with Crippen LogP contribution in [0.2, 0.25) is 0 Å². The monoisotopic (exact) mass is 1170 g/mol. The molecule has 0 spiro atoms. The van der Waals surface area contributed by atoms with Crippen LogP contribution in [0.15, 0.2) is 50.6 Å². The summed E-state index contributed by atoms with van der Waals surface area (Å²) < 4.78 is 367. The Balaban J connectivity index is 0.00000348. The quantitative estimate of drug-likeness (QED) is 0.0201.